The van der Waals surface area contributed by atoms with Crippen molar-refractivity contribution in [3.63, 3.8) is 0 Å². The van der Waals surface area contributed by atoms with Crippen LogP contribution in [0.4, 0.5) is 0 Å². The van der Waals surface area contributed by atoms with E-state index < -0.39 is 0 Å². The first-order valence-electron chi connectivity index (χ1n) is 43.9. The summed E-state index contributed by atoms with van der Waals surface area (Å²) in [6.45, 7) is 20.2. The highest BCUT2D eigenvalue weighted by atomic mass is 16.5. The Morgan fingerprint density at radius 3 is 1.01 bits per heavy atom. The first-order chi connectivity index (χ1) is 60.7. The summed E-state index contributed by atoms with van der Waals surface area (Å²) in [4.78, 5) is 42.5. The molecule has 2 saturated carbocycles. The number of aromatic nitrogens is 9. The third-order valence-electron chi connectivity index (χ3n) is 18.3. The molecule has 0 unspecified atom stereocenters. The van der Waals surface area contributed by atoms with Crippen molar-refractivity contribution in [3.05, 3.63) is 287 Å². The molecule has 122 heavy (non-hydrogen) atoms. The van der Waals surface area contributed by atoms with Gasteiger partial charge in [-0.15, -0.1) is 0 Å². The number of rotatable bonds is 0. The third kappa shape index (κ3) is 67.2. The molecule has 12 aliphatic heterocycles. The van der Waals surface area contributed by atoms with E-state index in [1.54, 1.807) is 68.0 Å². The number of morpholine rings is 1. The number of benzene rings is 2. The zero-order valence-electron chi connectivity index (χ0n) is 72.5. The van der Waals surface area contributed by atoms with E-state index in [1.165, 1.54) is 172 Å². The number of nitrogens with one attached hydrogen (secondary N) is 9. The molecule has 24 heteroatoms. The minimum Gasteiger partial charge on any atom is -0.381 e. The van der Waals surface area contributed by atoms with Gasteiger partial charge >= 0.3 is 0 Å². The van der Waals surface area contributed by atoms with Gasteiger partial charge < -0.3 is 55.5 Å². The predicted octanol–water partition coefficient (Wildman–Crippen LogP) is 18.0. The molecule has 660 valence electrons. The minimum atomic E-state index is 0.197. The van der Waals surface area contributed by atoms with Crippen LogP contribution in [0.3, 0.4) is 0 Å². The number of aromatic amines is 4. The standard InChI is InChI=1S/C8H7N.C6H11NO.C6H6O.C6H6.C5H9NO.C5H5N.2C5H10.3C5H6.C4H9NO.C4H9N.4C4H5N.C3H4N2.C3H7N.C3H6O.2C2H3N3/c1-2-4-8-7(3-1)5-6-9-8;1-2-7-3-6(1)4-8-5-6;7-6-4-2-1-3-5-6;1-2-4-6-5-3-1;1-5(2-6-1)3-7-4-5;1-2-4-6-5-3-1;5*1-2-4-5-3-1;1-3-6-4-2-5-1;5*1-2-4-5-3-1;1-2-5-3-4-1;2*1-2-4-3-1;1-3-2-5-4-1;1-2-4-5-3-1/h1-6,9H;7H,1-5H2;1-4H,5H2;1-6H;6H,1-4H2;1-5H;2*1-5H2;3*1-4H,5H2;5H,1-4H2;5H,1-4H2;3*1,3-4H,2H2;1-5H;1-2H,3H2;4H,1-3H2;1-3H2;2*1-2H,(H,3,4,5). The molecule has 7 aromatic rings. The maximum absolute atomic E-state index is 10.3. The van der Waals surface area contributed by atoms with Crippen molar-refractivity contribution in [2.45, 2.75) is 141 Å². The number of para-hydroxylation sites is 1. The van der Waals surface area contributed by atoms with Crippen LogP contribution >= 0.6 is 0 Å². The number of ether oxygens (including phenoxy) is 4. The molecule has 18 aliphatic rings. The van der Waals surface area contributed by atoms with Gasteiger partial charge in [0.05, 0.1) is 52.0 Å². The van der Waals surface area contributed by atoms with Gasteiger partial charge in [0.1, 0.15) is 19.3 Å². The van der Waals surface area contributed by atoms with Crippen LogP contribution in [-0.2, 0) is 23.7 Å². The lowest BCUT2D eigenvalue weighted by molar-refractivity contribution is -0.139. The van der Waals surface area contributed by atoms with Crippen molar-refractivity contribution in [3.8, 4) is 0 Å². The Balaban J connectivity index is 0.000000269. The number of carbonyl (C=O) groups is 1. The lowest BCUT2D eigenvalue weighted by Crippen LogP contribution is -2.64. The smallest absolute Gasteiger partial charge is 0.159 e. The van der Waals surface area contributed by atoms with Crippen LogP contribution in [0.5, 0.6) is 0 Å². The van der Waals surface area contributed by atoms with E-state index in [1.807, 2.05) is 146 Å². The second-order valence-corrected chi connectivity index (χ2v) is 28.8. The largest absolute Gasteiger partial charge is 0.381 e. The molecule has 0 amide bonds. The van der Waals surface area contributed by atoms with E-state index in [0.29, 0.717) is 23.9 Å². The predicted molar refractivity (Wildman–Crippen MR) is 509 cm³/mol. The van der Waals surface area contributed by atoms with E-state index in [0.717, 1.165) is 104 Å². The molecular weight excluding hydrogens is 1520 g/mol. The van der Waals surface area contributed by atoms with Gasteiger partial charge in [-0.1, -0.05) is 234 Å². The molecule has 24 nitrogen and oxygen atoms in total. The molecule has 17 heterocycles. The molecule has 9 N–H and O–H groups in total. The summed E-state index contributed by atoms with van der Waals surface area (Å²) in [5.41, 5.74) is 2.40. The molecule has 2 aromatic carbocycles. The van der Waals surface area contributed by atoms with Crippen molar-refractivity contribution in [2.24, 2.45) is 35.8 Å². The van der Waals surface area contributed by atoms with Crippen LogP contribution in [0, 0.1) is 10.8 Å². The summed E-state index contributed by atoms with van der Waals surface area (Å²) in [5, 5.41) is 32.6. The molecule has 0 atom stereocenters. The number of nitrogens with zero attached hydrogens (tertiary/aromatic N) is 10. The summed E-state index contributed by atoms with van der Waals surface area (Å²) in [5.74, 6) is 0.197. The van der Waals surface area contributed by atoms with E-state index in [4.69, 9.17) is 18.9 Å². The highest BCUT2D eigenvalue weighted by Gasteiger charge is 2.43. The van der Waals surface area contributed by atoms with Crippen molar-refractivity contribution >= 4 is 47.8 Å². The summed E-state index contributed by atoms with van der Waals surface area (Å²) in [7, 11) is 0. The number of ketones is 1. The summed E-state index contributed by atoms with van der Waals surface area (Å²) in [6, 6.07) is 31.9. The lowest BCUT2D eigenvalue weighted by atomic mass is 9.80. The van der Waals surface area contributed by atoms with Crippen LogP contribution < -0.4 is 26.6 Å². The number of hydrogen-bond donors (Lipinski definition) is 9. The Bertz CT molecular complexity index is 3250. The van der Waals surface area contributed by atoms with Crippen LogP contribution in [0.2, 0.25) is 0 Å². The maximum Gasteiger partial charge on any atom is 0.159 e. The fourth-order valence-corrected chi connectivity index (χ4v) is 10.9. The van der Waals surface area contributed by atoms with Crippen molar-refractivity contribution < 1.29 is 23.7 Å². The fraction of sp³-hybridized carbons (Fsp3) is 0.439. The number of H-pyrrole nitrogens is 4. The Morgan fingerprint density at radius 2 is 0.820 bits per heavy atom. The maximum atomic E-state index is 10.3. The van der Waals surface area contributed by atoms with E-state index >= 15 is 0 Å². The molecule has 0 radical (unpaired) electrons. The third-order valence-corrected chi connectivity index (χ3v) is 18.3. The van der Waals surface area contributed by atoms with Gasteiger partial charge in [-0.3, -0.25) is 39.8 Å². The molecule has 5 aromatic heterocycles. The Labute approximate surface area is 728 Å². The second-order valence-electron chi connectivity index (χ2n) is 28.8. The number of pyridine rings is 1. The average Bonchev–Trinajstić information content (AvgIpc) is 1.17. The zero-order chi connectivity index (χ0) is 85.8. The molecular formula is C98H143N19O5. The van der Waals surface area contributed by atoms with E-state index in [2.05, 4.69) is 188 Å². The Kier molecular flexibility index (Phi) is 70.5. The van der Waals surface area contributed by atoms with Gasteiger partial charge in [0.2, 0.25) is 0 Å². The first-order valence-corrected chi connectivity index (χ1v) is 43.9. The van der Waals surface area contributed by atoms with E-state index in [-0.39, 0.29) is 5.78 Å². The van der Waals surface area contributed by atoms with Gasteiger partial charge in [-0.25, -0.2) is 4.98 Å². The summed E-state index contributed by atoms with van der Waals surface area (Å²) >= 11 is 0. The first kappa shape index (κ1) is 104. The molecule has 0 bridgehead atoms. The molecule has 6 aliphatic carbocycles. The number of aliphatic imine (C=N–C) groups is 5. The van der Waals surface area contributed by atoms with Crippen molar-refractivity contribution in [1.82, 2.24) is 72.1 Å². The number of allylic oxidation sites excluding steroid dienone is 19. The minimum absolute atomic E-state index is 0.197. The van der Waals surface area contributed by atoms with Crippen LogP contribution in [0.15, 0.2) is 312 Å². The van der Waals surface area contributed by atoms with Gasteiger partial charge in [0.25, 0.3) is 0 Å². The van der Waals surface area contributed by atoms with Crippen LogP contribution in [0.25, 0.3) is 10.9 Å². The molecule has 2 spiro atoms. The molecule has 8 saturated heterocycles. The molecule has 25 rings (SSSR count). The number of hydrogen-bond acceptors (Lipinski definition) is 20. The topological polar surface area (TPSA) is 304 Å². The van der Waals surface area contributed by atoms with Gasteiger partial charge in [0.15, 0.2) is 5.78 Å². The normalized spacial score (nSPS) is 18.4. The van der Waals surface area contributed by atoms with Crippen LogP contribution in [-0.4, -0.2) is 207 Å². The van der Waals surface area contributed by atoms with Gasteiger partial charge in [-0.2, -0.15) is 20.5 Å². The monoisotopic (exact) mass is 1670 g/mol. The van der Waals surface area contributed by atoms with Crippen molar-refractivity contribution in [2.75, 3.05) is 125 Å². The summed E-state index contributed by atoms with van der Waals surface area (Å²) in [6.07, 6.45) is 96.8. The SMILES string of the molecule is C1=CCC=C1.C1=CCC=C1.C1=CCC=C1.C1=CN=CC1.C1=CN=CC1.C1=CN=CC1.C1=NCN=C1.C1CC2(CN1)COC2.C1CCCC1.C1CCCC1.C1CCNC1.C1CNC1.C1COC1.C1COCCN1.C1NCC12COC2.O=C1C=CC=CC1.c1cc[nH]c1.c1ccc2[nH]ccc2c1.c1ccccc1.c1ccncc1.c1cn[nH]n1.c1nc[nH]n1. The van der Waals surface area contributed by atoms with Gasteiger partial charge in [-0.05, 0) is 132 Å². The number of fused-ring (bicyclic) bond motifs is 1. The van der Waals surface area contributed by atoms with Crippen molar-refractivity contribution in [1.29, 1.82) is 0 Å². The number of carbonyl (C=O) groups excluding carboxylic acids is 1. The van der Waals surface area contributed by atoms with Gasteiger partial charge in [0, 0.05) is 169 Å². The quantitative estimate of drug-likeness (QED) is 0.0682. The lowest BCUT2D eigenvalue weighted by Gasteiger charge is -2.48. The Hall–Kier alpha value is -10.5. The zero-order valence-corrected chi connectivity index (χ0v) is 72.5. The highest BCUT2D eigenvalue weighted by Crippen LogP contribution is 2.33. The van der Waals surface area contributed by atoms with E-state index in [9.17, 15) is 4.79 Å². The highest BCUT2D eigenvalue weighted by molar-refractivity contribution is 6.17. The molecule has 10 fully saturated rings. The van der Waals surface area contributed by atoms with Crippen LogP contribution in [0.1, 0.15) is 141 Å². The summed E-state index contributed by atoms with van der Waals surface area (Å²) < 4.78 is 19.9. The second kappa shape index (κ2) is 82.8. The fourth-order valence-electron chi connectivity index (χ4n) is 10.9. The Morgan fingerprint density at radius 1 is 0.361 bits per heavy atom. The average molecular weight is 1670 g/mol.